The van der Waals surface area contributed by atoms with E-state index in [4.69, 9.17) is 4.42 Å². The Kier molecular flexibility index (Phi) is 5.80. The number of amides is 2. The Morgan fingerprint density at radius 2 is 1.85 bits per heavy atom. The molecule has 0 saturated heterocycles. The smallest absolute Gasteiger partial charge is 0.271 e. The standard InChI is InChI=1S/C27H30FN3O3/c1-18-6-3-4-7-21(18)29-26(33)27(2)17-30-22(24-8-5-15-34-24)13-14-23(30)25(32)31(27)16-19-9-11-20(28)12-10-19/h5,8-15,18,21H,3-4,6-7,16-17H2,1-2H3,(H,29,33)/t18-,21-,27-/m1/s1. The molecule has 34 heavy (non-hydrogen) atoms. The lowest BCUT2D eigenvalue weighted by Gasteiger charge is -2.45. The molecule has 0 radical (unpaired) electrons. The average Bonchev–Trinajstić information content (AvgIpc) is 3.49. The second kappa shape index (κ2) is 8.78. The van der Waals surface area contributed by atoms with Gasteiger partial charge in [-0.3, -0.25) is 9.59 Å². The second-order valence-electron chi connectivity index (χ2n) is 9.80. The zero-order chi connectivity index (χ0) is 23.9. The molecule has 1 aliphatic heterocycles. The number of hydrogen-bond acceptors (Lipinski definition) is 3. The molecule has 3 aromatic rings. The van der Waals surface area contributed by atoms with Crippen LogP contribution in [0.25, 0.3) is 11.5 Å². The summed E-state index contributed by atoms with van der Waals surface area (Å²) in [5.74, 6) is 0.313. The predicted octanol–water partition coefficient (Wildman–Crippen LogP) is 5.00. The van der Waals surface area contributed by atoms with Crippen molar-refractivity contribution in [3.8, 4) is 11.5 Å². The van der Waals surface area contributed by atoms with Crippen LogP contribution in [-0.4, -0.2) is 32.9 Å². The number of nitrogens with one attached hydrogen (secondary N) is 1. The minimum absolute atomic E-state index is 0.0939. The van der Waals surface area contributed by atoms with E-state index in [1.807, 2.05) is 23.6 Å². The molecule has 7 heteroatoms. The molecule has 6 nitrogen and oxygen atoms in total. The van der Waals surface area contributed by atoms with Crippen molar-refractivity contribution in [3.63, 3.8) is 0 Å². The van der Waals surface area contributed by atoms with Crippen LogP contribution in [0.15, 0.2) is 59.2 Å². The lowest BCUT2D eigenvalue weighted by atomic mass is 9.85. The van der Waals surface area contributed by atoms with E-state index in [2.05, 4.69) is 12.2 Å². The van der Waals surface area contributed by atoms with Crippen molar-refractivity contribution in [2.24, 2.45) is 5.92 Å². The van der Waals surface area contributed by atoms with Crippen molar-refractivity contribution >= 4 is 11.8 Å². The Balaban J connectivity index is 1.52. The summed E-state index contributed by atoms with van der Waals surface area (Å²) in [6.45, 7) is 4.51. The molecule has 0 spiro atoms. The molecule has 178 valence electrons. The lowest BCUT2D eigenvalue weighted by molar-refractivity contribution is -0.134. The SMILES string of the molecule is C[C@@H]1CCCC[C@H]1NC(=O)[C@@]1(C)Cn2c(ccc2-c2ccco2)C(=O)N1Cc1ccc(F)cc1. The molecular formula is C27H30FN3O3. The summed E-state index contributed by atoms with van der Waals surface area (Å²) in [4.78, 5) is 29.3. The maximum absolute atomic E-state index is 13.9. The summed E-state index contributed by atoms with van der Waals surface area (Å²) in [6.07, 6.45) is 5.90. The Morgan fingerprint density at radius 3 is 2.56 bits per heavy atom. The number of aromatic nitrogens is 1. The predicted molar refractivity (Wildman–Crippen MR) is 126 cm³/mol. The van der Waals surface area contributed by atoms with Crippen LogP contribution < -0.4 is 5.32 Å². The highest BCUT2D eigenvalue weighted by molar-refractivity contribution is 6.00. The number of halogens is 1. The number of carbonyl (C=O) groups excluding carboxylic acids is 2. The molecule has 3 atom stereocenters. The number of carbonyl (C=O) groups is 2. The van der Waals surface area contributed by atoms with Gasteiger partial charge in [0.25, 0.3) is 5.91 Å². The van der Waals surface area contributed by atoms with Gasteiger partial charge in [-0.15, -0.1) is 0 Å². The number of furan rings is 1. The van der Waals surface area contributed by atoms with Gasteiger partial charge < -0.3 is 19.2 Å². The van der Waals surface area contributed by atoms with E-state index in [9.17, 15) is 14.0 Å². The first-order chi connectivity index (χ1) is 16.4. The van der Waals surface area contributed by atoms with Gasteiger partial charge in [0.05, 0.1) is 18.5 Å². The van der Waals surface area contributed by atoms with Crippen molar-refractivity contribution in [1.29, 1.82) is 0 Å². The van der Waals surface area contributed by atoms with E-state index in [1.54, 1.807) is 35.4 Å². The van der Waals surface area contributed by atoms with Gasteiger partial charge in [0.15, 0.2) is 0 Å². The van der Waals surface area contributed by atoms with Crippen LogP contribution in [0.3, 0.4) is 0 Å². The van der Waals surface area contributed by atoms with E-state index < -0.39 is 5.54 Å². The monoisotopic (exact) mass is 463 g/mol. The van der Waals surface area contributed by atoms with E-state index in [0.29, 0.717) is 23.9 Å². The molecule has 1 aliphatic carbocycles. The first kappa shape index (κ1) is 22.4. The van der Waals surface area contributed by atoms with Crippen LogP contribution >= 0.6 is 0 Å². The minimum Gasteiger partial charge on any atom is -0.463 e. The molecule has 2 amide bonds. The summed E-state index contributed by atoms with van der Waals surface area (Å²) >= 11 is 0. The Bertz CT molecular complexity index is 1180. The van der Waals surface area contributed by atoms with Gasteiger partial charge in [-0.1, -0.05) is 31.9 Å². The van der Waals surface area contributed by atoms with Crippen molar-refractivity contribution < 1.29 is 18.4 Å². The summed E-state index contributed by atoms with van der Waals surface area (Å²) in [7, 11) is 0. The fourth-order valence-corrected chi connectivity index (χ4v) is 5.29. The van der Waals surface area contributed by atoms with Gasteiger partial charge in [-0.05, 0) is 67.6 Å². The third-order valence-corrected chi connectivity index (χ3v) is 7.45. The normalized spacial score (nSPS) is 24.7. The van der Waals surface area contributed by atoms with Gasteiger partial charge in [-0.2, -0.15) is 0 Å². The number of nitrogens with zero attached hydrogens (tertiary/aromatic N) is 2. The zero-order valence-electron chi connectivity index (χ0n) is 19.6. The summed E-state index contributed by atoms with van der Waals surface area (Å²) in [5.41, 5.74) is 0.909. The molecule has 1 N–H and O–H groups in total. The molecule has 1 fully saturated rings. The Labute approximate surface area is 198 Å². The first-order valence-electron chi connectivity index (χ1n) is 12.0. The number of hydrogen-bond donors (Lipinski definition) is 1. The fraction of sp³-hybridized carbons (Fsp3) is 0.407. The molecule has 5 rings (SSSR count). The largest absolute Gasteiger partial charge is 0.463 e. The van der Waals surface area contributed by atoms with Crippen LogP contribution in [0, 0.1) is 11.7 Å². The molecule has 0 unspecified atom stereocenters. The summed E-state index contributed by atoms with van der Waals surface area (Å²) < 4.78 is 21.0. The highest BCUT2D eigenvalue weighted by atomic mass is 19.1. The van der Waals surface area contributed by atoms with Crippen LogP contribution in [0.1, 0.15) is 55.6 Å². The minimum atomic E-state index is -1.13. The fourth-order valence-electron chi connectivity index (χ4n) is 5.29. The molecule has 1 aromatic carbocycles. The summed E-state index contributed by atoms with van der Waals surface area (Å²) in [6, 6.07) is 13.4. The summed E-state index contributed by atoms with van der Waals surface area (Å²) in [5, 5.41) is 3.27. The number of rotatable bonds is 5. The Hall–Kier alpha value is -3.35. The second-order valence-corrected chi connectivity index (χ2v) is 9.80. The average molecular weight is 464 g/mol. The topological polar surface area (TPSA) is 67.5 Å². The zero-order valence-corrected chi connectivity index (χ0v) is 19.6. The van der Waals surface area contributed by atoms with E-state index in [-0.39, 0.29) is 30.2 Å². The van der Waals surface area contributed by atoms with Crippen LogP contribution in [0.4, 0.5) is 4.39 Å². The molecule has 2 aliphatic rings. The highest BCUT2D eigenvalue weighted by Crippen LogP contribution is 2.35. The van der Waals surface area contributed by atoms with Crippen molar-refractivity contribution in [3.05, 3.63) is 71.9 Å². The van der Waals surface area contributed by atoms with E-state index in [1.165, 1.54) is 18.6 Å². The third kappa shape index (κ3) is 3.93. The number of fused-ring (bicyclic) bond motifs is 1. The van der Waals surface area contributed by atoms with Gasteiger partial charge >= 0.3 is 0 Å². The van der Waals surface area contributed by atoms with Crippen molar-refractivity contribution in [2.75, 3.05) is 0 Å². The molecule has 2 aromatic heterocycles. The van der Waals surface area contributed by atoms with Gasteiger partial charge in [0.1, 0.15) is 22.8 Å². The van der Waals surface area contributed by atoms with Crippen LogP contribution in [0.2, 0.25) is 0 Å². The molecular weight excluding hydrogens is 433 g/mol. The Morgan fingerprint density at radius 1 is 1.12 bits per heavy atom. The van der Waals surface area contributed by atoms with Crippen molar-refractivity contribution in [2.45, 2.75) is 64.2 Å². The third-order valence-electron chi connectivity index (χ3n) is 7.45. The molecule has 3 heterocycles. The van der Waals surface area contributed by atoms with Gasteiger partial charge in [-0.25, -0.2) is 4.39 Å². The van der Waals surface area contributed by atoms with Gasteiger partial charge in [0, 0.05) is 12.6 Å². The highest BCUT2D eigenvalue weighted by Gasteiger charge is 2.48. The van der Waals surface area contributed by atoms with Crippen LogP contribution in [0.5, 0.6) is 0 Å². The molecule has 0 bridgehead atoms. The molecule has 1 saturated carbocycles. The maximum Gasteiger partial charge on any atom is 0.271 e. The maximum atomic E-state index is 13.9. The van der Waals surface area contributed by atoms with Crippen molar-refractivity contribution in [1.82, 2.24) is 14.8 Å². The lowest BCUT2D eigenvalue weighted by Crippen LogP contribution is -2.65. The first-order valence-corrected chi connectivity index (χ1v) is 12.0. The van der Waals surface area contributed by atoms with E-state index >= 15 is 0 Å². The van der Waals surface area contributed by atoms with Crippen LogP contribution in [-0.2, 0) is 17.9 Å². The van der Waals surface area contributed by atoms with E-state index in [0.717, 1.165) is 30.5 Å². The number of benzene rings is 1. The quantitative estimate of drug-likeness (QED) is 0.579. The van der Waals surface area contributed by atoms with Gasteiger partial charge in [0.2, 0.25) is 5.91 Å².